The zero-order valence-electron chi connectivity index (χ0n) is 14.3. The summed E-state index contributed by atoms with van der Waals surface area (Å²) in [7, 11) is 1.53. The van der Waals surface area contributed by atoms with Crippen molar-refractivity contribution in [2.24, 2.45) is 0 Å². The summed E-state index contributed by atoms with van der Waals surface area (Å²) in [5.74, 6) is 0. The van der Waals surface area contributed by atoms with Crippen LogP contribution in [0.5, 0.6) is 0 Å². The fraction of sp³-hybridized carbons (Fsp3) is 0.316. The molecule has 5 nitrogen and oxygen atoms in total. The Bertz CT molecular complexity index is 665. The minimum atomic E-state index is -0.550. The van der Waals surface area contributed by atoms with Crippen molar-refractivity contribution >= 4 is 17.7 Å². The second-order valence-corrected chi connectivity index (χ2v) is 5.87. The average Bonchev–Trinajstić information content (AvgIpc) is 2.62. The second kappa shape index (κ2) is 10.0. The van der Waals surface area contributed by atoms with Crippen LogP contribution in [-0.4, -0.2) is 26.1 Å². The quantitative estimate of drug-likeness (QED) is 0.710. The maximum Gasteiger partial charge on any atom is 0.407 e. The van der Waals surface area contributed by atoms with E-state index in [0.29, 0.717) is 11.6 Å². The monoisotopic (exact) mass is 363 g/mol. The minimum Gasteiger partial charge on any atom is -0.443 e. The first-order chi connectivity index (χ1) is 12.1. The smallest absolute Gasteiger partial charge is 0.407 e. The Hall–Kier alpha value is -2.08. The lowest BCUT2D eigenvalue weighted by Crippen LogP contribution is -2.31. The number of alkyl carbamates (subject to hydrolysis) is 1. The van der Waals surface area contributed by atoms with Crippen molar-refractivity contribution in [3.8, 4) is 0 Å². The summed E-state index contributed by atoms with van der Waals surface area (Å²) in [4.78, 5) is 12.1. The van der Waals surface area contributed by atoms with Gasteiger partial charge in [-0.2, -0.15) is 0 Å². The van der Waals surface area contributed by atoms with Crippen LogP contribution >= 0.6 is 11.6 Å². The van der Waals surface area contributed by atoms with Crippen LogP contribution in [0.15, 0.2) is 54.6 Å². The van der Waals surface area contributed by atoms with E-state index in [1.807, 2.05) is 48.5 Å². The highest BCUT2D eigenvalue weighted by Gasteiger charge is 2.25. The first-order valence-corrected chi connectivity index (χ1v) is 8.33. The molecule has 0 aliphatic heterocycles. The molecular formula is C19H22ClNO4. The number of methoxy groups -OCH3 is 1. The van der Waals surface area contributed by atoms with E-state index in [1.54, 1.807) is 13.0 Å². The summed E-state index contributed by atoms with van der Waals surface area (Å²) in [5.41, 5.74) is 1.73. The number of hydrogen-bond acceptors (Lipinski definition) is 4. The molecule has 25 heavy (non-hydrogen) atoms. The first kappa shape index (κ1) is 19.2. The lowest BCUT2D eigenvalue weighted by molar-refractivity contribution is -0.112. The van der Waals surface area contributed by atoms with Crippen LogP contribution in [0.1, 0.15) is 24.2 Å². The van der Waals surface area contributed by atoms with Gasteiger partial charge in [0, 0.05) is 24.2 Å². The highest BCUT2D eigenvalue weighted by Crippen LogP contribution is 2.29. The van der Waals surface area contributed by atoms with Gasteiger partial charge in [-0.1, -0.05) is 60.1 Å². The van der Waals surface area contributed by atoms with E-state index in [2.05, 4.69) is 5.32 Å². The predicted molar refractivity (Wildman–Crippen MR) is 96.4 cm³/mol. The van der Waals surface area contributed by atoms with Gasteiger partial charge < -0.3 is 19.5 Å². The molecule has 0 bridgehead atoms. The molecule has 2 aromatic rings. The second-order valence-electron chi connectivity index (χ2n) is 5.46. The molecule has 1 amide bonds. The van der Waals surface area contributed by atoms with Crippen LogP contribution < -0.4 is 5.32 Å². The Morgan fingerprint density at radius 2 is 1.80 bits per heavy atom. The molecule has 0 aromatic heterocycles. The van der Waals surface area contributed by atoms with Crippen molar-refractivity contribution in [1.82, 2.24) is 5.32 Å². The lowest BCUT2D eigenvalue weighted by Gasteiger charge is -2.25. The van der Waals surface area contributed by atoms with Crippen LogP contribution in [0.4, 0.5) is 4.79 Å². The van der Waals surface area contributed by atoms with Crippen LogP contribution in [0.3, 0.4) is 0 Å². The van der Waals surface area contributed by atoms with Gasteiger partial charge in [0.25, 0.3) is 0 Å². The molecule has 0 radical (unpaired) electrons. The van der Waals surface area contributed by atoms with Gasteiger partial charge in [0.15, 0.2) is 0 Å². The van der Waals surface area contributed by atoms with Gasteiger partial charge in [0.2, 0.25) is 0 Å². The number of amides is 1. The number of carbonyl (C=O) groups is 1. The SMILES string of the molecule is COCO[C@H](c1ccccc1Cl)[C@@H](C)OC(=O)NCc1ccccc1. The number of hydrogen-bond donors (Lipinski definition) is 1. The summed E-state index contributed by atoms with van der Waals surface area (Å²) in [5, 5.41) is 3.27. The van der Waals surface area contributed by atoms with Crippen LogP contribution in [-0.2, 0) is 20.8 Å². The van der Waals surface area contributed by atoms with Crippen LogP contribution in [0, 0.1) is 0 Å². The number of halogens is 1. The fourth-order valence-corrected chi connectivity index (χ4v) is 2.61. The maximum absolute atomic E-state index is 12.1. The van der Waals surface area contributed by atoms with Gasteiger partial charge in [-0.3, -0.25) is 0 Å². The van der Waals surface area contributed by atoms with Gasteiger partial charge in [0.1, 0.15) is 19.0 Å². The van der Waals surface area contributed by atoms with E-state index in [-0.39, 0.29) is 6.79 Å². The zero-order valence-corrected chi connectivity index (χ0v) is 15.0. The van der Waals surface area contributed by atoms with E-state index in [9.17, 15) is 4.79 Å². The summed E-state index contributed by atoms with van der Waals surface area (Å²) in [6.07, 6.45) is -1.60. The molecule has 0 saturated heterocycles. The first-order valence-electron chi connectivity index (χ1n) is 7.95. The molecule has 0 saturated carbocycles. The molecule has 6 heteroatoms. The Labute approximate surface area is 152 Å². The predicted octanol–water partition coefficient (Wildman–Crippen LogP) is 4.32. The summed E-state index contributed by atoms with van der Waals surface area (Å²) < 4.78 is 16.1. The van der Waals surface area contributed by atoms with Crippen molar-refractivity contribution in [1.29, 1.82) is 0 Å². The zero-order chi connectivity index (χ0) is 18.1. The third-order valence-electron chi connectivity index (χ3n) is 3.58. The van der Waals surface area contributed by atoms with Gasteiger partial charge in [-0.15, -0.1) is 0 Å². The van der Waals surface area contributed by atoms with E-state index < -0.39 is 18.3 Å². The molecule has 0 fully saturated rings. The molecule has 0 unspecified atom stereocenters. The summed E-state index contributed by atoms with van der Waals surface area (Å²) in [6, 6.07) is 16.9. The van der Waals surface area contributed by atoms with Gasteiger partial charge in [0.05, 0.1) is 0 Å². The molecule has 0 spiro atoms. The fourth-order valence-electron chi connectivity index (χ4n) is 2.37. The molecule has 0 aliphatic carbocycles. The standard InChI is InChI=1S/C19H22ClNO4/c1-14(25-19(22)21-12-15-8-4-3-5-9-15)18(24-13-23-2)16-10-6-7-11-17(16)20/h3-11,14,18H,12-13H2,1-2H3,(H,21,22)/t14-,18+/m1/s1. The largest absolute Gasteiger partial charge is 0.443 e. The summed E-state index contributed by atoms with van der Waals surface area (Å²) >= 11 is 6.24. The van der Waals surface area contributed by atoms with Gasteiger partial charge in [-0.05, 0) is 18.6 Å². The van der Waals surface area contributed by atoms with E-state index >= 15 is 0 Å². The molecule has 0 aliphatic rings. The summed E-state index contributed by atoms with van der Waals surface area (Å²) in [6.45, 7) is 2.21. The molecule has 134 valence electrons. The number of nitrogens with one attached hydrogen (secondary N) is 1. The Kier molecular flexibility index (Phi) is 7.73. The van der Waals surface area contributed by atoms with E-state index in [0.717, 1.165) is 11.1 Å². The molecule has 2 rings (SSSR count). The van der Waals surface area contributed by atoms with Crippen molar-refractivity contribution in [2.45, 2.75) is 25.7 Å². The number of carbonyl (C=O) groups excluding carboxylic acids is 1. The Morgan fingerprint density at radius 3 is 2.48 bits per heavy atom. The van der Waals surface area contributed by atoms with Crippen molar-refractivity contribution < 1.29 is 19.0 Å². The van der Waals surface area contributed by atoms with E-state index in [4.69, 9.17) is 25.8 Å². The van der Waals surface area contributed by atoms with Gasteiger partial charge >= 0.3 is 6.09 Å². The van der Waals surface area contributed by atoms with Crippen LogP contribution in [0.2, 0.25) is 5.02 Å². The average molecular weight is 364 g/mol. The molecule has 1 N–H and O–H groups in total. The van der Waals surface area contributed by atoms with Crippen molar-refractivity contribution in [3.63, 3.8) is 0 Å². The highest BCUT2D eigenvalue weighted by atomic mass is 35.5. The normalized spacial score (nSPS) is 13.1. The molecule has 2 atom stereocenters. The third-order valence-corrected chi connectivity index (χ3v) is 3.92. The van der Waals surface area contributed by atoms with Crippen molar-refractivity contribution in [3.05, 3.63) is 70.7 Å². The molecular weight excluding hydrogens is 342 g/mol. The topological polar surface area (TPSA) is 56.8 Å². The maximum atomic E-state index is 12.1. The van der Waals surface area contributed by atoms with Crippen LogP contribution in [0.25, 0.3) is 0 Å². The van der Waals surface area contributed by atoms with Gasteiger partial charge in [-0.25, -0.2) is 4.79 Å². The Balaban J connectivity index is 1.97. The number of benzene rings is 2. The van der Waals surface area contributed by atoms with Crippen molar-refractivity contribution in [2.75, 3.05) is 13.9 Å². The molecule has 0 heterocycles. The lowest BCUT2D eigenvalue weighted by atomic mass is 10.1. The molecule has 2 aromatic carbocycles. The number of ether oxygens (including phenoxy) is 3. The Morgan fingerprint density at radius 1 is 1.12 bits per heavy atom. The third kappa shape index (κ3) is 6.05. The minimum absolute atomic E-state index is 0.0647. The number of rotatable bonds is 8. The highest BCUT2D eigenvalue weighted by molar-refractivity contribution is 6.31. The van der Waals surface area contributed by atoms with E-state index in [1.165, 1.54) is 7.11 Å².